The fraction of sp³-hybridized carbons (Fsp3) is 0.353. The summed E-state index contributed by atoms with van der Waals surface area (Å²) < 4.78 is 0. The maximum absolute atomic E-state index is 11.8. The van der Waals surface area contributed by atoms with E-state index in [2.05, 4.69) is 29.7 Å². The lowest BCUT2D eigenvalue weighted by Gasteiger charge is -2.22. The molecule has 22 heavy (non-hydrogen) atoms. The van der Waals surface area contributed by atoms with E-state index in [1.54, 1.807) is 6.92 Å². The van der Waals surface area contributed by atoms with E-state index in [9.17, 15) is 9.90 Å². The number of nitrogens with one attached hydrogen (secondary N) is 2. The maximum Gasteiger partial charge on any atom is 0.314 e. The zero-order valence-electron chi connectivity index (χ0n) is 12.9. The number of aryl methyl sites for hydroxylation is 1. The van der Waals surface area contributed by atoms with Crippen LogP contribution >= 0.6 is 11.3 Å². The lowest BCUT2D eigenvalue weighted by Crippen LogP contribution is -2.43. The number of thiophene rings is 1. The van der Waals surface area contributed by atoms with Crippen LogP contribution in [0.15, 0.2) is 41.8 Å². The Morgan fingerprint density at radius 3 is 2.77 bits per heavy atom. The molecule has 2 aromatic rings. The number of hydrogen-bond acceptors (Lipinski definition) is 3. The molecule has 1 atom stereocenters. The molecule has 2 rings (SSSR count). The van der Waals surface area contributed by atoms with Crippen LogP contribution in [-0.2, 0) is 12.0 Å². The Hall–Kier alpha value is -1.85. The zero-order chi connectivity index (χ0) is 16.0. The van der Waals surface area contributed by atoms with Gasteiger partial charge in [-0.15, -0.1) is 11.3 Å². The highest BCUT2D eigenvalue weighted by Gasteiger charge is 2.24. The van der Waals surface area contributed by atoms with Crippen LogP contribution in [0, 0.1) is 6.92 Å². The molecule has 118 valence electrons. The van der Waals surface area contributed by atoms with E-state index in [0.717, 1.165) is 11.3 Å². The zero-order valence-corrected chi connectivity index (χ0v) is 13.7. The van der Waals surface area contributed by atoms with Crippen LogP contribution in [0.25, 0.3) is 0 Å². The number of urea groups is 1. The Morgan fingerprint density at radius 1 is 1.27 bits per heavy atom. The molecule has 0 saturated carbocycles. The van der Waals surface area contributed by atoms with Gasteiger partial charge in [0.25, 0.3) is 0 Å². The summed E-state index contributed by atoms with van der Waals surface area (Å²) in [5.41, 5.74) is 1.38. The predicted molar refractivity (Wildman–Crippen MR) is 90.2 cm³/mol. The van der Waals surface area contributed by atoms with E-state index in [1.165, 1.54) is 22.5 Å². The molecule has 0 aliphatic carbocycles. The SMILES string of the molecule is Cc1cccc(CCNC(=O)NCC(C)(O)c2cccs2)c1. The molecule has 4 nitrogen and oxygen atoms in total. The smallest absolute Gasteiger partial charge is 0.314 e. The van der Waals surface area contributed by atoms with Crippen molar-refractivity contribution in [2.45, 2.75) is 25.9 Å². The van der Waals surface area contributed by atoms with Crippen LogP contribution in [0.1, 0.15) is 22.9 Å². The van der Waals surface area contributed by atoms with Gasteiger partial charge in [0.2, 0.25) is 0 Å². The van der Waals surface area contributed by atoms with Crippen molar-refractivity contribution in [2.24, 2.45) is 0 Å². The lowest BCUT2D eigenvalue weighted by molar-refractivity contribution is 0.0631. The summed E-state index contributed by atoms with van der Waals surface area (Å²) in [7, 11) is 0. The third-order valence-electron chi connectivity index (χ3n) is 3.43. The van der Waals surface area contributed by atoms with Crippen molar-refractivity contribution in [3.63, 3.8) is 0 Å². The van der Waals surface area contributed by atoms with Crippen LogP contribution in [0.4, 0.5) is 4.79 Å². The predicted octanol–water partition coefficient (Wildman–Crippen LogP) is 2.81. The van der Waals surface area contributed by atoms with Gasteiger partial charge in [0, 0.05) is 11.4 Å². The fourth-order valence-electron chi connectivity index (χ4n) is 2.18. The Morgan fingerprint density at radius 2 is 2.09 bits per heavy atom. The number of amides is 2. The summed E-state index contributed by atoms with van der Waals surface area (Å²) in [5, 5.41) is 17.8. The lowest BCUT2D eigenvalue weighted by atomic mass is 10.1. The summed E-state index contributed by atoms with van der Waals surface area (Å²) in [4.78, 5) is 12.6. The van der Waals surface area contributed by atoms with Crippen molar-refractivity contribution in [1.29, 1.82) is 0 Å². The summed E-state index contributed by atoms with van der Waals surface area (Å²) in [5.74, 6) is 0. The largest absolute Gasteiger partial charge is 0.383 e. The molecule has 0 bridgehead atoms. The van der Waals surface area contributed by atoms with Crippen molar-refractivity contribution in [1.82, 2.24) is 10.6 Å². The molecule has 5 heteroatoms. The minimum absolute atomic E-state index is 0.184. The van der Waals surface area contributed by atoms with Crippen LogP contribution in [-0.4, -0.2) is 24.2 Å². The van der Waals surface area contributed by atoms with Gasteiger partial charge in [-0.05, 0) is 37.3 Å². The molecule has 1 aromatic heterocycles. The third kappa shape index (κ3) is 4.86. The van der Waals surface area contributed by atoms with Crippen LogP contribution in [0.5, 0.6) is 0 Å². The standard InChI is InChI=1S/C17H22N2O2S/c1-13-5-3-6-14(11-13)8-9-18-16(20)19-12-17(2,21)15-7-4-10-22-15/h3-7,10-11,21H,8-9,12H2,1-2H3,(H2,18,19,20). The Balaban J connectivity index is 1.72. The van der Waals surface area contributed by atoms with Gasteiger partial charge in [-0.2, -0.15) is 0 Å². The number of carbonyl (C=O) groups is 1. The van der Waals surface area contributed by atoms with E-state index in [1.807, 2.05) is 29.6 Å². The highest BCUT2D eigenvalue weighted by Crippen LogP contribution is 2.24. The molecular formula is C17H22N2O2S. The number of benzene rings is 1. The topological polar surface area (TPSA) is 61.4 Å². The van der Waals surface area contributed by atoms with Gasteiger partial charge in [-0.1, -0.05) is 35.9 Å². The van der Waals surface area contributed by atoms with Gasteiger partial charge in [-0.3, -0.25) is 0 Å². The first kappa shape index (κ1) is 16.5. The van der Waals surface area contributed by atoms with E-state index in [0.29, 0.717) is 6.54 Å². The summed E-state index contributed by atoms with van der Waals surface area (Å²) in [6.45, 7) is 4.50. The van der Waals surface area contributed by atoms with Crippen molar-refractivity contribution >= 4 is 17.4 Å². The Kier molecular flexibility index (Phi) is 5.57. The van der Waals surface area contributed by atoms with Crippen LogP contribution in [0.2, 0.25) is 0 Å². The molecular weight excluding hydrogens is 296 g/mol. The molecule has 0 radical (unpaired) electrons. The highest BCUT2D eigenvalue weighted by atomic mass is 32.1. The minimum atomic E-state index is -1.04. The van der Waals surface area contributed by atoms with E-state index in [4.69, 9.17) is 0 Å². The highest BCUT2D eigenvalue weighted by molar-refractivity contribution is 7.10. The summed E-state index contributed by atoms with van der Waals surface area (Å²) in [6, 6.07) is 11.7. The van der Waals surface area contributed by atoms with Crippen molar-refractivity contribution < 1.29 is 9.90 Å². The number of hydrogen-bond donors (Lipinski definition) is 3. The molecule has 0 spiro atoms. The Bertz CT molecular complexity index is 609. The molecule has 0 aliphatic heterocycles. The third-order valence-corrected chi connectivity index (χ3v) is 4.55. The first-order valence-electron chi connectivity index (χ1n) is 7.31. The van der Waals surface area contributed by atoms with Gasteiger partial charge in [0.1, 0.15) is 5.60 Å². The summed E-state index contributed by atoms with van der Waals surface area (Å²) >= 11 is 1.48. The quantitative estimate of drug-likeness (QED) is 0.767. The molecule has 2 amide bonds. The monoisotopic (exact) mass is 318 g/mol. The second-order valence-electron chi connectivity index (χ2n) is 5.60. The number of aliphatic hydroxyl groups is 1. The molecule has 0 fully saturated rings. The number of rotatable bonds is 6. The van der Waals surface area contributed by atoms with E-state index in [-0.39, 0.29) is 12.6 Å². The first-order chi connectivity index (χ1) is 10.5. The minimum Gasteiger partial charge on any atom is -0.383 e. The van der Waals surface area contributed by atoms with Gasteiger partial charge < -0.3 is 15.7 Å². The molecule has 3 N–H and O–H groups in total. The normalized spacial score (nSPS) is 13.4. The van der Waals surface area contributed by atoms with Crippen LogP contribution in [0.3, 0.4) is 0 Å². The molecule has 1 heterocycles. The fourth-order valence-corrected chi connectivity index (χ4v) is 2.96. The van der Waals surface area contributed by atoms with Gasteiger partial charge in [-0.25, -0.2) is 4.79 Å². The maximum atomic E-state index is 11.8. The number of carbonyl (C=O) groups excluding carboxylic acids is 1. The van der Waals surface area contributed by atoms with Crippen molar-refractivity contribution in [3.8, 4) is 0 Å². The molecule has 0 aliphatic rings. The van der Waals surface area contributed by atoms with Crippen molar-refractivity contribution in [3.05, 3.63) is 57.8 Å². The Labute approximate surface area is 135 Å². The van der Waals surface area contributed by atoms with Crippen LogP contribution < -0.4 is 10.6 Å². The van der Waals surface area contributed by atoms with Gasteiger partial charge >= 0.3 is 6.03 Å². The van der Waals surface area contributed by atoms with E-state index >= 15 is 0 Å². The molecule has 1 aromatic carbocycles. The second-order valence-corrected chi connectivity index (χ2v) is 6.55. The average Bonchev–Trinajstić information content (AvgIpc) is 3.00. The van der Waals surface area contributed by atoms with Crippen molar-refractivity contribution in [2.75, 3.05) is 13.1 Å². The van der Waals surface area contributed by atoms with E-state index < -0.39 is 5.60 Å². The average molecular weight is 318 g/mol. The molecule has 0 saturated heterocycles. The van der Waals surface area contributed by atoms with Gasteiger partial charge in [0.05, 0.1) is 6.54 Å². The van der Waals surface area contributed by atoms with Gasteiger partial charge in [0.15, 0.2) is 0 Å². The second kappa shape index (κ2) is 7.42. The summed E-state index contributed by atoms with van der Waals surface area (Å²) in [6.07, 6.45) is 0.788. The first-order valence-corrected chi connectivity index (χ1v) is 8.19. The molecule has 1 unspecified atom stereocenters.